The van der Waals surface area contributed by atoms with Gasteiger partial charge in [-0.05, 0) is 62.7 Å². The Kier molecular flexibility index (Phi) is 7.44. The summed E-state index contributed by atoms with van der Waals surface area (Å²) in [6, 6.07) is 11.2. The molecule has 1 aromatic carbocycles. The molecule has 2 N–H and O–H groups in total. The predicted molar refractivity (Wildman–Crippen MR) is 128 cm³/mol. The van der Waals surface area contributed by atoms with Gasteiger partial charge in [-0.25, -0.2) is 0 Å². The zero-order chi connectivity index (χ0) is 23.2. The van der Waals surface area contributed by atoms with Crippen LogP contribution in [0.3, 0.4) is 0 Å². The number of anilines is 2. The second-order valence-corrected chi connectivity index (χ2v) is 8.87. The number of hydrogen-bond donors (Lipinski definition) is 2. The van der Waals surface area contributed by atoms with Crippen molar-refractivity contribution in [3.8, 4) is 0 Å². The third-order valence-electron chi connectivity index (χ3n) is 6.56. The van der Waals surface area contributed by atoms with E-state index in [0.29, 0.717) is 25.2 Å². The molecule has 176 valence electrons. The highest BCUT2D eigenvalue weighted by molar-refractivity contribution is 6.39. The first-order chi connectivity index (χ1) is 16.0. The Morgan fingerprint density at radius 3 is 2.42 bits per heavy atom. The van der Waals surface area contributed by atoms with Gasteiger partial charge in [0.25, 0.3) is 0 Å². The Labute approximate surface area is 194 Å². The number of carbonyl (C=O) groups is 3. The summed E-state index contributed by atoms with van der Waals surface area (Å²) in [4.78, 5) is 41.4. The van der Waals surface area contributed by atoms with Gasteiger partial charge in [0.05, 0.1) is 6.04 Å². The van der Waals surface area contributed by atoms with Crippen LogP contribution < -0.4 is 15.5 Å². The number of aromatic nitrogens is 1. The summed E-state index contributed by atoms with van der Waals surface area (Å²) >= 11 is 0. The van der Waals surface area contributed by atoms with E-state index in [0.717, 1.165) is 43.7 Å². The highest BCUT2D eigenvalue weighted by atomic mass is 16.2. The van der Waals surface area contributed by atoms with Crippen molar-refractivity contribution in [1.82, 2.24) is 14.8 Å². The second kappa shape index (κ2) is 10.7. The molecule has 3 heterocycles. The van der Waals surface area contributed by atoms with Crippen LogP contribution in [-0.2, 0) is 21.4 Å². The van der Waals surface area contributed by atoms with E-state index in [1.807, 2.05) is 25.4 Å². The van der Waals surface area contributed by atoms with Crippen molar-refractivity contribution < 1.29 is 14.4 Å². The van der Waals surface area contributed by atoms with Crippen LogP contribution in [0.15, 0.2) is 42.6 Å². The summed E-state index contributed by atoms with van der Waals surface area (Å²) in [5.74, 6) is -1.29. The summed E-state index contributed by atoms with van der Waals surface area (Å²) < 4.78 is 2.08. The van der Waals surface area contributed by atoms with Gasteiger partial charge in [-0.15, -0.1) is 0 Å². The number of benzene rings is 1. The Hall–Kier alpha value is -3.13. The number of rotatable bonds is 6. The highest BCUT2D eigenvalue weighted by Crippen LogP contribution is 2.25. The lowest BCUT2D eigenvalue weighted by atomic mass is 10.1. The summed E-state index contributed by atoms with van der Waals surface area (Å²) in [6.07, 6.45) is 8.12. The van der Waals surface area contributed by atoms with Crippen LogP contribution in [0, 0.1) is 0 Å². The summed E-state index contributed by atoms with van der Waals surface area (Å²) in [5.41, 5.74) is 2.36. The topological polar surface area (TPSA) is 86.7 Å². The minimum Gasteiger partial charge on any atom is -0.353 e. The number of nitrogens with one attached hydrogen (secondary N) is 2. The molecule has 2 aromatic rings. The van der Waals surface area contributed by atoms with Gasteiger partial charge in [-0.2, -0.15) is 0 Å². The zero-order valence-electron chi connectivity index (χ0n) is 19.3. The molecule has 1 unspecified atom stereocenters. The van der Waals surface area contributed by atoms with Crippen LogP contribution in [0.1, 0.15) is 50.3 Å². The molecule has 0 bridgehead atoms. The second-order valence-electron chi connectivity index (χ2n) is 8.87. The molecule has 33 heavy (non-hydrogen) atoms. The first-order valence-corrected chi connectivity index (χ1v) is 11.9. The molecule has 3 amide bonds. The molecule has 2 aliphatic heterocycles. The SMILES string of the molecule is Cn1cccc1C(CNC(=O)C(=O)Nc1cccc(N2CCCC2=O)c1)N1CCCCCC1. The fourth-order valence-corrected chi connectivity index (χ4v) is 4.78. The van der Waals surface area contributed by atoms with Gasteiger partial charge in [0, 0.05) is 49.8 Å². The minimum absolute atomic E-state index is 0.0179. The molecular weight excluding hydrogens is 418 g/mol. The first-order valence-electron chi connectivity index (χ1n) is 11.9. The highest BCUT2D eigenvalue weighted by Gasteiger charge is 2.26. The quantitative estimate of drug-likeness (QED) is 0.662. The predicted octanol–water partition coefficient (Wildman–Crippen LogP) is 2.82. The fraction of sp³-hybridized carbons (Fsp3) is 0.480. The van der Waals surface area contributed by atoms with Crippen molar-refractivity contribution in [3.63, 3.8) is 0 Å². The summed E-state index contributed by atoms with van der Waals surface area (Å²) in [6.45, 7) is 3.01. The van der Waals surface area contributed by atoms with E-state index < -0.39 is 11.8 Å². The van der Waals surface area contributed by atoms with Crippen LogP contribution in [0.25, 0.3) is 0 Å². The Balaban J connectivity index is 1.39. The van der Waals surface area contributed by atoms with Gasteiger partial charge in [0.2, 0.25) is 5.91 Å². The number of nitrogens with zero attached hydrogens (tertiary/aromatic N) is 3. The molecule has 2 aliphatic rings. The van der Waals surface area contributed by atoms with Crippen molar-refractivity contribution in [2.75, 3.05) is 36.4 Å². The molecule has 2 fully saturated rings. The van der Waals surface area contributed by atoms with E-state index in [9.17, 15) is 14.4 Å². The zero-order valence-corrected chi connectivity index (χ0v) is 19.3. The molecule has 8 heteroatoms. The van der Waals surface area contributed by atoms with Crippen LogP contribution >= 0.6 is 0 Å². The van der Waals surface area contributed by atoms with Crippen LogP contribution in [-0.4, -0.2) is 53.4 Å². The number of aryl methyl sites for hydroxylation is 1. The van der Waals surface area contributed by atoms with Crippen molar-refractivity contribution >= 4 is 29.1 Å². The number of likely N-dealkylation sites (tertiary alicyclic amines) is 1. The Bertz CT molecular complexity index is 993. The summed E-state index contributed by atoms with van der Waals surface area (Å²) in [7, 11) is 2.01. The van der Waals surface area contributed by atoms with Gasteiger partial charge in [0.1, 0.15) is 0 Å². The van der Waals surface area contributed by atoms with Gasteiger partial charge in [-0.3, -0.25) is 19.3 Å². The van der Waals surface area contributed by atoms with Crippen molar-refractivity contribution in [2.45, 2.75) is 44.6 Å². The first kappa shape index (κ1) is 23.0. The molecule has 0 radical (unpaired) electrons. The van der Waals surface area contributed by atoms with Crippen LogP contribution in [0.4, 0.5) is 11.4 Å². The lowest BCUT2D eigenvalue weighted by molar-refractivity contribution is -0.136. The smallest absolute Gasteiger partial charge is 0.313 e. The number of hydrogen-bond acceptors (Lipinski definition) is 4. The van der Waals surface area contributed by atoms with E-state index >= 15 is 0 Å². The van der Waals surface area contributed by atoms with E-state index in [4.69, 9.17) is 0 Å². The molecule has 1 aromatic heterocycles. The van der Waals surface area contributed by atoms with Crippen molar-refractivity contribution in [1.29, 1.82) is 0 Å². The normalized spacial score (nSPS) is 18.1. The molecule has 1 atom stereocenters. The number of amides is 3. The molecule has 4 rings (SSSR count). The van der Waals surface area contributed by atoms with E-state index in [2.05, 4.69) is 26.2 Å². The van der Waals surface area contributed by atoms with E-state index in [1.165, 1.54) is 12.8 Å². The largest absolute Gasteiger partial charge is 0.353 e. The van der Waals surface area contributed by atoms with Crippen molar-refractivity contribution in [3.05, 3.63) is 48.3 Å². The Morgan fingerprint density at radius 2 is 1.76 bits per heavy atom. The van der Waals surface area contributed by atoms with Gasteiger partial charge in [0.15, 0.2) is 0 Å². The van der Waals surface area contributed by atoms with Gasteiger partial charge in [-0.1, -0.05) is 18.9 Å². The Morgan fingerprint density at radius 1 is 0.970 bits per heavy atom. The van der Waals surface area contributed by atoms with Crippen molar-refractivity contribution in [2.24, 2.45) is 7.05 Å². The number of carbonyl (C=O) groups excluding carboxylic acids is 3. The summed E-state index contributed by atoms with van der Waals surface area (Å²) in [5, 5.41) is 5.51. The van der Waals surface area contributed by atoms with Crippen LogP contribution in [0.5, 0.6) is 0 Å². The molecule has 2 saturated heterocycles. The maximum atomic E-state index is 12.6. The average Bonchev–Trinajstić information content (AvgIpc) is 3.33. The average molecular weight is 452 g/mol. The van der Waals surface area contributed by atoms with E-state index in [1.54, 1.807) is 23.1 Å². The fourth-order valence-electron chi connectivity index (χ4n) is 4.78. The lowest BCUT2D eigenvalue weighted by Gasteiger charge is -2.31. The molecule has 0 aliphatic carbocycles. The maximum Gasteiger partial charge on any atom is 0.313 e. The monoisotopic (exact) mass is 451 g/mol. The standard InChI is InChI=1S/C25H33N5O3/c1-28-13-7-11-21(28)22(29-14-4-2-3-5-15-29)18-26-24(32)25(33)27-19-9-6-10-20(17-19)30-16-8-12-23(30)31/h6-7,9-11,13,17,22H,2-5,8,12,14-16,18H2,1H3,(H,26,32)(H,27,33). The third kappa shape index (κ3) is 5.63. The van der Waals surface area contributed by atoms with Crippen LogP contribution in [0.2, 0.25) is 0 Å². The molecule has 8 nitrogen and oxygen atoms in total. The molecule has 0 spiro atoms. The molecule has 0 saturated carbocycles. The minimum atomic E-state index is -0.707. The lowest BCUT2D eigenvalue weighted by Crippen LogP contribution is -2.43. The van der Waals surface area contributed by atoms with E-state index in [-0.39, 0.29) is 11.9 Å². The van der Waals surface area contributed by atoms with Gasteiger partial charge < -0.3 is 20.1 Å². The maximum absolute atomic E-state index is 12.6. The van der Waals surface area contributed by atoms with Gasteiger partial charge >= 0.3 is 11.8 Å². The molecular formula is C25H33N5O3. The third-order valence-corrected chi connectivity index (χ3v) is 6.56.